The summed E-state index contributed by atoms with van der Waals surface area (Å²) in [6.07, 6.45) is 5.22. The van der Waals surface area contributed by atoms with Gasteiger partial charge in [0, 0.05) is 11.3 Å². The van der Waals surface area contributed by atoms with Crippen LogP contribution in [0, 0.1) is 0 Å². The lowest BCUT2D eigenvalue weighted by Crippen LogP contribution is -2.27. The minimum atomic E-state index is 0.375. The highest BCUT2D eigenvalue weighted by Crippen LogP contribution is 2.33. The van der Waals surface area contributed by atoms with Crippen LogP contribution in [0.15, 0.2) is 6.20 Å². The zero-order valence-electron chi connectivity index (χ0n) is 10.3. The van der Waals surface area contributed by atoms with Gasteiger partial charge in [0.25, 0.3) is 0 Å². The zero-order valence-corrected chi connectivity index (χ0v) is 11.9. The molecule has 2 unspecified atom stereocenters. The van der Waals surface area contributed by atoms with E-state index < -0.39 is 0 Å². The molecule has 1 saturated carbocycles. The number of rotatable bonds is 5. The molecule has 0 aliphatic heterocycles. The van der Waals surface area contributed by atoms with Crippen LogP contribution in [0.3, 0.4) is 0 Å². The number of halogens is 1. The SMILES string of the molecule is CCSC1CCCC1Nc1nc(NN)ncc1Cl. The van der Waals surface area contributed by atoms with Crippen molar-refractivity contribution in [2.24, 2.45) is 5.84 Å². The molecule has 1 aromatic heterocycles. The van der Waals surface area contributed by atoms with Crippen LogP contribution in [-0.4, -0.2) is 27.0 Å². The molecule has 0 saturated heterocycles. The van der Waals surface area contributed by atoms with Crippen molar-refractivity contribution in [3.8, 4) is 0 Å². The van der Waals surface area contributed by atoms with Gasteiger partial charge in [0.2, 0.25) is 5.95 Å². The summed E-state index contributed by atoms with van der Waals surface area (Å²) in [5, 5.41) is 4.58. The summed E-state index contributed by atoms with van der Waals surface area (Å²) in [4.78, 5) is 8.21. The fraction of sp³-hybridized carbons (Fsp3) is 0.636. The second kappa shape index (κ2) is 6.45. The average molecular weight is 288 g/mol. The van der Waals surface area contributed by atoms with Crippen LogP contribution in [0.1, 0.15) is 26.2 Å². The van der Waals surface area contributed by atoms with Crippen LogP contribution in [0.5, 0.6) is 0 Å². The highest BCUT2D eigenvalue weighted by molar-refractivity contribution is 7.99. The van der Waals surface area contributed by atoms with Gasteiger partial charge in [-0.25, -0.2) is 10.8 Å². The van der Waals surface area contributed by atoms with Gasteiger partial charge >= 0.3 is 0 Å². The molecule has 1 aliphatic carbocycles. The number of anilines is 2. The lowest BCUT2D eigenvalue weighted by molar-refractivity contribution is 0.762. The Morgan fingerprint density at radius 1 is 1.56 bits per heavy atom. The number of hydrogen-bond acceptors (Lipinski definition) is 6. The Morgan fingerprint density at radius 3 is 3.11 bits per heavy atom. The third-order valence-corrected chi connectivity index (χ3v) is 4.63. The van der Waals surface area contributed by atoms with E-state index in [0.29, 0.717) is 28.1 Å². The number of hydrazine groups is 1. The quantitative estimate of drug-likeness (QED) is 0.571. The predicted molar refractivity (Wildman–Crippen MR) is 78.0 cm³/mol. The second-order valence-electron chi connectivity index (χ2n) is 4.21. The molecule has 0 bridgehead atoms. The second-order valence-corrected chi connectivity index (χ2v) is 6.13. The zero-order chi connectivity index (χ0) is 13.0. The molecule has 2 atom stereocenters. The molecule has 4 N–H and O–H groups in total. The van der Waals surface area contributed by atoms with E-state index in [1.165, 1.54) is 12.8 Å². The van der Waals surface area contributed by atoms with E-state index >= 15 is 0 Å². The largest absolute Gasteiger partial charge is 0.365 e. The maximum absolute atomic E-state index is 6.09. The molecule has 1 aromatic rings. The average Bonchev–Trinajstić information content (AvgIpc) is 2.80. The monoisotopic (exact) mass is 287 g/mol. The number of nitrogens with zero attached hydrogens (tertiary/aromatic N) is 2. The highest BCUT2D eigenvalue weighted by atomic mass is 35.5. The van der Waals surface area contributed by atoms with E-state index in [-0.39, 0.29) is 0 Å². The maximum atomic E-state index is 6.09. The van der Waals surface area contributed by atoms with Gasteiger partial charge in [-0.15, -0.1) is 0 Å². The molecule has 0 spiro atoms. The Bertz CT molecular complexity index is 403. The first-order valence-electron chi connectivity index (χ1n) is 6.12. The Balaban J connectivity index is 2.08. The van der Waals surface area contributed by atoms with Gasteiger partial charge < -0.3 is 5.32 Å². The molecule has 100 valence electrons. The molecule has 0 amide bonds. The smallest absolute Gasteiger partial charge is 0.239 e. The van der Waals surface area contributed by atoms with Gasteiger partial charge in [-0.2, -0.15) is 16.7 Å². The maximum Gasteiger partial charge on any atom is 0.239 e. The predicted octanol–water partition coefficient (Wildman–Crippen LogP) is 2.50. The molecule has 1 heterocycles. The number of thioether (sulfide) groups is 1. The van der Waals surface area contributed by atoms with Crippen molar-refractivity contribution < 1.29 is 0 Å². The van der Waals surface area contributed by atoms with Crippen molar-refractivity contribution in [3.05, 3.63) is 11.2 Å². The van der Waals surface area contributed by atoms with E-state index in [1.807, 2.05) is 11.8 Å². The summed E-state index contributed by atoms with van der Waals surface area (Å²) in [5.41, 5.74) is 2.43. The van der Waals surface area contributed by atoms with Gasteiger partial charge in [0.1, 0.15) is 5.02 Å². The molecule has 0 radical (unpaired) electrons. The molecule has 5 nitrogen and oxygen atoms in total. The van der Waals surface area contributed by atoms with Crippen LogP contribution < -0.4 is 16.6 Å². The molecular weight excluding hydrogens is 270 g/mol. The normalized spacial score (nSPS) is 23.1. The van der Waals surface area contributed by atoms with Crippen LogP contribution in [-0.2, 0) is 0 Å². The third kappa shape index (κ3) is 3.18. The van der Waals surface area contributed by atoms with Gasteiger partial charge in [-0.3, -0.25) is 5.43 Å². The van der Waals surface area contributed by atoms with Crippen molar-refractivity contribution in [2.45, 2.75) is 37.5 Å². The number of nitrogens with two attached hydrogens (primary N) is 1. The molecule has 18 heavy (non-hydrogen) atoms. The first-order chi connectivity index (χ1) is 8.74. The molecule has 0 aromatic carbocycles. The highest BCUT2D eigenvalue weighted by Gasteiger charge is 2.27. The number of aromatic nitrogens is 2. The van der Waals surface area contributed by atoms with Gasteiger partial charge in [0.05, 0.1) is 6.20 Å². The van der Waals surface area contributed by atoms with Gasteiger partial charge in [0.15, 0.2) is 5.82 Å². The molecule has 1 aliphatic rings. The Hall–Kier alpha value is -0.720. The van der Waals surface area contributed by atoms with Crippen molar-refractivity contribution in [1.29, 1.82) is 0 Å². The Morgan fingerprint density at radius 2 is 2.39 bits per heavy atom. The minimum Gasteiger partial charge on any atom is -0.365 e. The third-order valence-electron chi connectivity index (χ3n) is 3.03. The van der Waals surface area contributed by atoms with Crippen molar-refractivity contribution in [3.63, 3.8) is 0 Å². The van der Waals surface area contributed by atoms with Crippen molar-refractivity contribution in [2.75, 3.05) is 16.5 Å². The van der Waals surface area contributed by atoms with E-state index in [4.69, 9.17) is 17.4 Å². The lowest BCUT2D eigenvalue weighted by Gasteiger charge is -2.21. The van der Waals surface area contributed by atoms with Crippen LogP contribution in [0.2, 0.25) is 5.02 Å². The summed E-state index contributed by atoms with van der Waals surface area (Å²) in [6.45, 7) is 2.19. The molecular formula is C11H18ClN5S. The van der Waals surface area contributed by atoms with Crippen LogP contribution in [0.25, 0.3) is 0 Å². The first kappa shape index (κ1) is 13.7. The summed E-state index contributed by atoms with van der Waals surface area (Å²) in [7, 11) is 0. The minimum absolute atomic E-state index is 0.375. The Kier molecular flexibility index (Phi) is 4.91. The van der Waals surface area contributed by atoms with Crippen molar-refractivity contribution in [1.82, 2.24) is 9.97 Å². The van der Waals surface area contributed by atoms with Crippen molar-refractivity contribution >= 4 is 35.1 Å². The fourth-order valence-corrected chi connectivity index (χ4v) is 3.56. The standard InChI is InChI=1S/C11H18ClN5S/c1-2-18-9-5-3-4-8(9)15-10-7(12)6-14-11(16-10)17-13/h6,8-9H,2-5,13H2,1H3,(H2,14,15,16,17). The van der Waals surface area contributed by atoms with Crippen LogP contribution in [0.4, 0.5) is 11.8 Å². The summed E-state index contributed by atoms with van der Waals surface area (Å²) >= 11 is 8.09. The summed E-state index contributed by atoms with van der Waals surface area (Å²) in [6, 6.07) is 0.424. The number of nitrogens with one attached hydrogen (secondary N) is 2. The van der Waals surface area contributed by atoms with Gasteiger partial charge in [-0.05, 0) is 18.6 Å². The molecule has 1 fully saturated rings. The van der Waals surface area contributed by atoms with E-state index in [9.17, 15) is 0 Å². The lowest BCUT2D eigenvalue weighted by atomic mass is 10.2. The topological polar surface area (TPSA) is 75.9 Å². The Labute approximate surface area is 116 Å². The molecule has 7 heteroatoms. The fourth-order valence-electron chi connectivity index (χ4n) is 2.22. The number of hydrogen-bond donors (Lipinski definition) is 3. The molecule has 2 rings (SSSR count). The summed E-state index contributed by atoms with van der Waals surface area (Å²) in [5.74, 6) is 7.47. The van der Waals surface area contributed by atoms with E-state index in [1.54, 1.807) is 6.20 Å². The van der Waals surface area contributed by atoms with Crippen LogP contribution >= 0.6 is 23.4 Å². The number of nitrogen functional groups attached to an aromatic ring is 1. The van der Waals surface area contributed by atoms with E-state index in [0.717, 1.165) is 12.2 Å². The van der Waals surface area contributed by atoms with E-state index in [2.05, 4.69) is 27.6 Å². The summed E-state index contributed by atoms with van der Waals surface area (Å²) < 4.78 is 0. The van der Waals surface area contributed by atoms with Gasteiger partial charge in [-0.1, -0.05) is 24.9 Å². The first-order valence-corrected chi connectivity index (χ1v) is 7.54.